The molecular formula is C20H20N2O4S. The lowest BCUT2D eigenvalue weighted by atomic mass is 10.2. The summed E-state index contributed by atoms with van der Waals surface area (Å²) in [4.78, 5) is 28.8. The average Bonchev–Trinajstić information content (AvgIpc) is 3.09. The van der Waals surface area contributed by atoms with Gasteiger partial charge in [-0.15, -0.1) is 11.3 Å². The van der Waals surface area contributed by atoms with Gasteiger partial charge < -0.3 is 14.8 Å². The number of thiazole rings is 1. The number of carbonyl (C=O) groups excluding carboxylic acids is 2. The predicted octanol–water partition coefficient (Wildman–Crippen LogP) is 3.81. The van der Waals surface area contributed by atoms with E-state index in [-0.39, 0.29) is 6.42 Å². The number of hydrogen-bond acceptors (Lipinski definition) is 6. The van der Waals surface area contributed by atoms with Crippen LogP contribution in [0.15, 0.2) is 48.5 Å². The van der Waals surface area contributed by atoms with E-state index in [0.717, 1.165) is 15.2 Å². The summed E-state index contributed by atoms with van der Waals surface area (Å²) in [6, 6.07) is 14.9. The molecule has 6 nitrogen and oxygen atoms in total. The Balaban J connectivity index is 1.51. The second kappa shape index (κ2) is 8.64. The summed E-state index contributed by atoms with van der Waals surface area (Å²) in [5, 5.41) is 3.58. The Hall–Kier alpha value is -2.93. The maximum Gasteiger partial charge on any atom is 0.306 e. The zero-order valence-corrected chi connectivity index (χ0v) is 15.9. The Morgan fingerprint density at radius 2 is 1.89 bits per heavy atom. The molecule has 0 saturated heterocycles. The molecule has 1 N–H and O–H groups in total. The maximum atomic E-state index is 12.3. The van der Waals surface area contributed by atoms with Crippen LogP contribution in [-0.2, 0) is 20.7 Å². The first-order valence-electron chi connectivity index (χ1n) is 8.54. The lowest BCUT2D eigenvalue weighted by molar-refractivity contribution is -0.153. The van der Waals surface area contributed by atoms with E-state index in [1.54, 1.807) is 42.5 Å². The molecule has 140 valence electrons. The minimum Gasteiger partial charge on any atom is -0.495 e. The van der Waals surface area contributed by atoms with Gasteiger partial charge in [0.2, 0.25) is 0 Å². The number of benzene rings is 2. The summed E-state index contributed by atoms with van der Waals surface area (Å²) in [5.41, 5.74) is 1.46. The number of anilines is 1. The summed E-state index contributed by atoms with van der Waals surface area (Å²) >= 11 is 1.56. The summed E-state index contributed by atoms with van der Waals surface area (Å²) in [5.74, 6) is -0.301. The van der Waals surface area contributed by atoms with Gasteiger partial charge in [-0.25, -0.2) is 4.98 Å². The molecule has 0 fully saturated rings. The quantitative estimate of drug-likeness (QED) is 0.627. The van der Waals surface area contributed by atoms with Gasteiger partial charge in [-0.2, -0.15) is 0 Å². The topological polar surface area (TPSA) is 77.5 Å². The fourth-order valence-corrected chi connectivity index (χ4v) is 3.49. The van der Waals surface area contributed by atoms with E-state index in [9.17, 15) is 9.59 Å². The molecular weight excluding hydrogens is 364 g/mol. The van der Waals surface area contributed by atoms with Crippen molar-refractivity contribution < 1.29 is 19.1 Å². The monoisotopic (exact) mass is 384 g/mol. The highest BCUT2D eigenvalue weighted by atomic mass is 32.1. The molecule has 1 atom stereocenters. The molecule has 27 heavy (non-hydrogen) atoms. The summed E-state index contributed by atoms with van der Waals surface area (Å²) in [6.45, 7) is 1.54. The molecule has 0 saturated carbocycles. The number of nitrogens with zero attached hydrogens (tertiary/aromatic N) is 1. The summed E-state index contributed by atoms with van der Waals surface area (Å²) in [6.07, 6.45) is -0.247. The van der Waals surface area contributed by atoms with Gasteiger partial charge >= 0.3 is 5.97 Å². The Morgan fingerprint density at radius 1 is 1.15 bits per heavy atom. The minimum absolute atomic E-state index is 0.173. The second-order valence-corrected chi connectivity index (χ2v) is 7.01. The van der Waals surface area contributed by atoms with Crippen molar-refractivity contribution in [2.24, 2.45) is 0 Å². The van der Waals surface area contributed by atoms with Crippen molar-refractivity contribution in [2.75, 3.05) is 12.4 Å². The molecule has 1 heterocycles. The van der Waals surface area contributed by atoms with Gasteiger partial charge in [-0.3, -0.25) is 9.59 Å². The molecule has 0 bridgehead atoms. The molecule has 0 radical (unpaired) electrons. The van der Waals surface area contributed by atoms with E-state index in [4.69, 9.17) is 9.47 Å². The van der Waals surface area contributed by atoms with Gasteiger partial charge in [-0.05, 0) is 31.2 Å². The second-order valence-electron chi connectivity index (χ2n) is 5.90. The van der Waals surface area contributed by atoms with Crippen LogP contribution in [0, 0.1) is 0 Å². The van der Waals surface area contributed by atoms with Gasteiger partial charge in [0.1, 0.15) is 5.75 Å². The highest BCUT2D eigenvalue weighted by Gasteiger charge is 2.19. The van der Waals surface area contributed by atoms with Crippen LogP contribution in [-0.4, -0.2) is 30.1 Å². The lowest BCUT2D eigenvalue weighted by Crippen LogP contribution is -2.30. The van der Waals surface area contributed by atoms with Crippen molar-refractivity contribution in [3.8, 4) is 5.75 Å². The third-order valence-electron chi connectivity index (χ3n) is 3.92. The van der Waals surface area contributed by atoms with Crippen molar-refractivity contribution in [3.63, 3.8) is 0 Å². The van der Waals surface area contributed by atoms with Gasteiger partial charge in [-0.1, -0.05) is 24.3 Å². The number of hydrogen-bond donors (Lipinski definition) is 1. The number of rotatable bonds is 7. The van der Waals surface area contributed by atoms with Crippen LogP contribution in [0.3, 0.4) is 0 Å². The molecule has 3 rings (SSSR count). The molecule has 7 heteroatoms. The number of fused-ring (bicyclic) bond motifs is 1. The zero-order valence-electron chi connectivity index (χ0n) is 15.1. The van der Waals surface area contributed by atoms with Crippen molar-refractivity contribution >= 4 is 39.1 Å². The largest absolute Gasteiger partial charge is 0.495 e. The maximum absolute atomic E-state index is 12.3. The summed E-state index contributed by atoms with van der Waals surface area (Å²) < 4.78 is 11.5. The van der Waals surface area contributed by atoms with Gasteiger partial charge in [0, 0.05) is 6.42 Å². The fourth-order valence-electron chi connectivity index (χ4n) is 2.53. The normalized spacial score (nSPS) is 11.8. The Labute approximate surface area is 161 Å². The van der Waals surface area contributed by atoms with Crippen LogP contribution in [0.5, 0.6) is 5.75 Å². The number of aryl methyl sites for hydroxylation is 1. The van der Waals surface area contributed by atoms with Crippen LogP contribution >= 0.6 is 11.3 Å². The number of carbonyl (C=O) groups is 2. The lowest BCUT2D eigenvalue weighted by Gasteiger charge is -2.15. The van der Waals surface area contributed by atoms with E-state index in [2.05, 4.69) is 10.3 Å². The first-order valence-corrected chi connectivity index (χ1v) is 9.36. The summed E-state index contributed by atoms with van der Waals surface area (Å²) in [7, 11) is 1.52. The molecule has 0 aliphatic heterocycles. The number of amides is 1. The van der Waals surface area contributed by atoms with Gasteiger partial charge in [0.25, 0.3) is 5.91 Å². The van der Waals surface area contributed by atoms with Crippen LogP contribution in [0.1, 0.15) is 18.4 Å². The van der Waals surface area contributed by atoms with Crippen molar-refractivity contribution in [3.05, 3.63) is 53.5 Å². The molecule has 3 aromatic rings. The Bertz CT molecular complexity index is 921. The predicted molar refractivity (Wildman–Crippen MR) is 105 cm³/mol. The number of esters is 1. The molecule has 0 spiro atoms. The number of aromatic nitrogens is 1. The Morgan fingerprint density at radius 3 is 2.67 bits per heavy atom. The smallest absolute Gasteiger partial charge is 0.306 e. The molecule has 0 aliphatic rings. The number of methoxy groups -OCH3 is 1. The first-order chi connectivity index (χ1) is 13.1. The van der Waals surface area contributed by atoms with E-state index in [1.165, 1.54) is 7.11 Å². The molecule has 1 aromatic heterocycles. The van der Waals surface area contributed by atoms with E-state index in [1.807, 2.05) is 24.3 Å². The molecule has 1 unspecified atom stereocenters. The number of nitrogens with one attached hydrogen (secondary N) is 1. The average molecular weight is 384 g/mol. The van der Waals surface area contributed by atoms with Crippen LogP contribution in [0.25, 0.3) is 10.2 Å². The van der Waals surface area contributed by atoms with E-state index < -0.39 is 18.0 Å². The number of para-hydroxylation sites is 3. The van der Waals surface area contributed by atoms with Crippen LogP contribution in [0.2, 0.25) is 0 Å². The van der Waals surface area contributed by atoms with Gasteiger partial charge in [0.05, 0.1) is 34.4 Å². The van der Waals surface area contributed by atoms with Gasteiger partial charge in [0.15, 0.2) is 6.10 Å². The first kappa shape index (κ1) is 18.8. The molecule has 1 amide bonds. The third kappa shape index (κ3) is 4.83. The number of ether oxygens (including phenoxy) is 2. The molecule has 2 aromatic carbocycles. The van der Waals surface area contributed by atoms with Crippen LogP contribution < -0.4 is 10.1 Å². The van der Waals surface area contributed by atoms with Crippen molar-refractivity contribution in [1.29, 1.82) is 0 Å². The highest BCUT2D eigenvalue weighted by molar-refractivity contribution is 7.18. The third-order valence-corrected chi connectivity index (χ3v) is 5.02. The van der Waals surface area contributed by atoms with E-state index in [0.29, 0.717) is 17.9 Å². The van der Waals surface area contributed by atoms with Crippen molar-refractivity contribution in [2.45, 2.75) is 25.9 Å². The molecule has 0 aliphatic carbocycles. The zero-order chi connectivity index (χ0) is 19.2. The SMILES string of the molecule is COc1ccccc1NC(=O)C(C)OC(=O)CCc1nc2ccccc2s1. The fraction of sp³-hybridized carbons (Fsp3) is 0.250. The van der Waals surface area contributed by atoms with Crippen molar-refractivity contribution in [1.82, 2.24) is 4.98 Å². The van der Waals surface area contributed by atoms with E-state index >= 15 is 0 Å². The Kier molecular flexibility index (Phi) is 6.03. The van der Waals surface area contributed by atoms with Crippen LogP contribution in [0.4, 0.5) is 5.69 Å². The minimum atomic E-state index is -0.905. The standard InChI is InChI=1S/C20H20N2O4S/c1-13(20(24)22-14-7-3-5-9-16(14)25-2)26-19(23)12-11-18-21-15-8-4-6-10-17(15)27-18/h3-10,13H,11-12H2,1-2H3,(H,22,24). The highest BCUT2D eigenvalue weighted by Crippen LogP contribution is 2.24.